The van der Waals surface area contributed by atoms with Crippen molar-refractivity contribution < 1.29 is 9.53 Å². The Morgan fingerprint density at radius 3 is 2.96 bits per heavy atom. The van der Waals surface area contributed by atoms with Crippen molar-refractivity contribution in [2.24, 2.45) is 0 Å². The molecule has 3 N–H and O–H groups in total. The van der Waals surface area contributed by atoms with Gasteiger partial charge in [0.1, 0.15) is 11.3 Å². The lowest BCUT2D eigenvalue weighted by Gasteiger charge is -2.11. The van der Waals surface area contributed by atoms with Crippen LogP contribution in [0.3, 0.4) is 0 Å². The van der Waals surface area contributed by atoms with Gasteiger partial charge >= 0.3 is 0 Å². The second-order valence-corrected chi connectivity index (χ2v) is 6.54. The highest BCUT2D eigenvalue weighted by Crippen LogP contribution is 2.30. The van der Waals surface area contributed by atoms with Gasteiger partial charge in [-0.25, -0.2) is 9.97 Å². The summed E-state index contributed by atoms with van der Waals surface area (Å²) < 4.78 is 5.38. The molecule has 0 saturated carbocycles. The molecule has 1 amide bonds. The lowest BCUT2D eigenvalue weighted by atomic mass is 10.1. The van der Waals surface area contributed by atoms with Crippen LogP contribution in [0.15, 0.2) is 24.3 Å². The number of amides is 1. The number of anilines is 1. The van der Waals surface area contributed by atoms with E-state index in [9.17, 15) is 4.79 Å². The summed E-state index contributed by atoms with van der Waals surface area (Å²) >= 11 is 0. The van der Waals surface area contributed by atoms with Crippen LogP contribution in [0.5, 0.6) is 0 Å². The average molecular weight is 365 g/mol. The van der Waals surface area contributed by atoms with Crippen molar-refractivity contribution in [3.05, 3.63) is 41.2 Å². The van der Waals surface area contributed by atoms with Crippen molar-refractivity contribution in [1.29, 1.82) is 0 Å². The molecule has 0 unspecified atom stereocenters. The van der Waals surface area contributed by atoms with Gasteiger partial charge in [0.25, 0.3) is 5.91 Å². The van der Waals surface area contributed by atoms with Gasteiger partial charge in [-0.1, -0.05) is 12.1 Å². The number of hydrogen-bond donors (Lipinski definition) is 3. The minimum atomic E-state index is -0.0285. The van der Waals surface area contributed by atoms with Crippen LogP contribution in [-0.4, -0.2) is 47.2 Å². The predicted octanol–water partition coefficient (Wildman–Crippen LogP) is 2.67. The van der Waals surface area contributed by atoms with Crippen LogP contribution in [0.2, 0.25) is 0 Å². The minimum absolute atomic E-state index is 0.0285. The van der Waals surface area contributed by atoms with Gasteiger partial charge in [-0.2, -0.15) is 0 Å². The molecule has 140 valence electrons. The number of aromatic amines is 1. The van der Waals surface area contributed by atoms with E-state index in [4.69, 9.17) is 14.7 Å². The molecule has 7 nitrogen and oxygen atoms in total. The maximum absolute atomic E-state index is 12.1. The zero-order valence-electron chi connectivity index (χ0n) is 15.6. The van der Waals surface area contributed by atoms with Crippen molar-refractivity contribution in [2.45, 2.75) is 20.3 Å². The number of nitrogens with one attached hydrogen (secondary N) is 3. The Balaban J connectivity index is 1.74. The third-order valence-electron chi connectivity index (χ3n) is 4.71. The highest BCUT2D eigenvalue weighted by atomic mass is 16.5. The van der Waals surface area contributed by atoms with Crippen LogP contribution in [0.25, 0.3) is 22.3 Å². The van der Waals surface area contributed by atoms with E-state index in [-0.39, 0.29) is 5.91 Å². The van der Waals surface area contributed by atoms with E-state index in [1.54, 1.807) is 0 Å². The molecule has 27 heavy (non-hydrogen) atoms. The maximum atomic E-state index is 12.1. The Morgan fingerprint density at radius 1 is 1.26 bits per heavy atom. The second kappa shape index (κ2) is 7.36. The number of nitrogens with zero attached hydrogens (tertiary/aromatic N) is 2. The van der Waals surface area contributed by atoms with E-state index < -0.39 is 0 Å². The number of benzene rings is 1. The first-order valence-electron chi connectivity index (χ1n) is 9.27. The molecule has 1 aromatic carbocycles. The van der Waals surface area contributed by atoms with Gasteiger partial charge in [-0.3, -0.25) is 4.79 Å². The van der Waals surface area contributed by atoms with Crippen molar-refractivity contribution >= 4 is 22.8 Å². The molecule has 0 aliphatic carbocycles. The number of rotatable bonds is 6. The molecular weight excluding hydrogens is 342 g/mol. The van der Waals surface area contributed by atoms with Crippen molar-refractivity contribution in [2.75, 3.05) is 31.6 Å². The van der Waals surface area contributed by atoms with Gasteiger partial charge in [-0.15, -0.1) is 0 Å². The molecule has 3 heterocycles. The van der Waals surface area contributed by atoms with E-state index in [2.05, 4.69) is 15.6 Å². The summed E-state index contributed by atoms with van der Waals surface area (Å²) in [6.45, 7) is 6.57. The molecule has 1 aliphatic rings. The molecule has 4 rings (SSSR count). The van der Waals surface area contributed by atoms with Crippen molar-refractivity contribution in [1.82, 2.24) is 20.3 Å². The summed E-state index contributed by atoms with van der Waals surface area (Å²) in [4.78, 5) is 25.0. The summed E-state index contributed by atoms with van der Waals surface area (Å²) in [5, 5.41) is 6.18. The number of hydrogen-bond acceptors (Lipinski definition) is 5. The zero-order valence-corrected chi connectivity index (χ0v) is 15.6. The molecule has 0 fully saturated rings. The molecule has 0 radical (unpaired) electrons. The fourth-order valence-electron chi connectivity index (χ4n) is 3.37. The first-order valence-corrected chi connectivity index (χ1v) is 9.27. The number of carbonyl (C=O) groups excluding carboxylic acids is 1. The number of H-pyrrole nitrogens is 1. The number of aromatic nitrogens is 3. The van der Waals surface area contributed by atoms with Gasteiger partial charge in [0.15, 0.2) is 0 Å². The third kappa shape index (κ3) is 3.38. The Morgan fingerprint density at radius 2 is 2.15 bits per heavy atom. The molecule has 1 aliphatic heterocycles. The van der Waals surface area contributed by atoms with E-state index >= 15 is 0 Å². The van der Waals surface area contributed by atoms with Crippen molar-refractivity contribution in [3.8, 4) is 11.3 Å². The maximum Gasteiger partial charge on any atom is 0.253 e. The Kier molecular flexibility index (Phi) is 4.77. The fraction of sp³-hybridized carbons (Fsp3) is 0.350. The Hall–Kier alpha value is -2.93. The van der Waals surface area contributed by atoms with E-state index in [0.29, 0.717) is 31.9 Å². The van der Waals surface area contributed by atoms with Crippen LogP contribution in [0, 0.1) is 6.92 Å². The molecular formula is C20H23N5O2. The first-order chi connectivity index (χ1) is 13.2. The molecule has 0 atom stereocenters. The van der Waals surface area contributed by atoms with Crippen LogP contribution < -0.4 is 10.6 Å². The van der Waals surface area contributed by atoms with E-state index in [1.165, 1.54) is 0 Å². The number of para-hydroxylation sites is 1. The second-order valence-electron chi connectivity index (χ2n) is 6.54. The lowest BCUT2D eigenvalue weighted by Crippen LogP contribution is -2.31. The standard InChI is InChI=1S/C20H23N5O2/c1-3-27-10-9-21-19-12(2)23-16-6-4-5-13(18(16)25-19)17-11-14-15(24-17)7-8-22-20(14)26/h4-6,11,24H,3,7-10H2,1-2H3,(H,21,25)(H,22,26). The molecule has 3 aromatic rings. The van der Waals surface area contributed by atoms with E-state index in [1.807, 2.05) is 38.1 Å². The predicted molar refractivity (Wildman–Crippen MR) is 105 cm³/mol. The Labute approximate surface area is 157 Å². The van der Waals surface area contributed by atoms with Crippen LogP contribution in [0.1, 0.15) is 28.7 Å². The Bertz CT molecular complexity index is 995. The summed E-state index contributed by atoms with van der Waals surface area (Å²) in [5.74, 6) is 0.725. The van der Waals surface area contributed by atoms with Crippen molar-refractivity contribution in [3.63, 3.8) is 0 Å². The smallest absolute Gasteiger partial charge is 0.253 e. The first kappa shape index (κ1) is 17.5. The average Bonchev–Trinajstić information content (AvgIpc) is 3.10. The topological polar surface area (TPSA) is 91.9 Å². The molecule has 0 bridgehead atoms. The van der Waals surface area contributed by atoms with Gasteiger partial charge in [0, 0.05) is 43.1 Å². The number of aryl methyl sites for hydroxylation is 1. The quantitative estimate of drug-likeness (QED) is 0.584. The normalized spacial score (nSPS) is 13.5. The SMILES string of the molecule is CCOCCNc1nc2c(-c3cc4c([nH]3)CCNC4=O)cccc2nc1C. The third-order valence-corrected chi connectivity index (χ3v) is 4.71. The highest BCUT2D eigenvalue weighted by Gasteiger charge is 2.21. The summed E-state index contributed by atoms with van der Waals surface area (Å²) in [5.41, 5.74) is 6.00. The number of ether oxygens (including phenoxy) is 1. The molecule has 0 spiro atoms. The molecule has 0 saturated heterocycles. The number of carbonyl (C=O) groups is 1. The van der Waals surface area contributed by atoms with Gasteiger partial charge in [0.2, 0.25) is 0 Å². The molecule has 2 aromatic heterocycles. The van der Waals surface area contributed by atoms with Crippen LogP contribution in [-0.2, 0) is 11.2 Å². The van der Waals surface area contributed by atoms with E-state index in [0.717, 1.165) is 45.9 Å². The van der Waals surface area contributed by atoms with Crippen LogP contribution >= 0.6 is 0 Å². The highest BCUT2D eigenvalue weighted by molar-refractivity contribution is 5.99. The van der Waals surface area contributed by atoms with Crippen LogP contribution in [0.4, 0.5) is 5.82 Å². The zero-order chi connectivity index (χ0) is 18.8. The van der Waals surface area contributed by atoms with Gasteiger partial charge < -0.3 is 20.4 Å². The summed E-state index contributed by atoms with van der Waals surface area (Å²) in [6.07, 6.45) is 0.806. The van der Waals surface area contributed by atoms with Gasteiger partial charge in [-0.05, 0) is 26.0 Å². The number of fused-ring (bicyclic) bond motifs is 2. The fourth-order valence-corrected chi connectivity index (χ4v) is 3.37. The summed E-state index contributed by atoms with van der Waals surface area (Å²) in [6, 6.07) is 7.83. The van der Waals surface area contributed by atoms with Gasteiger partial charge in [0.05, 0.1) is 23.4 Å². The lowest BCUT2D eigenvalue weighted by molar-refractivity contribution is 0.0946. The summed E-state index contributed by atoms with van der Waals surface area (Å²) in [7, 11) is 0. The minimum Gasteiger partial charge on any atom is -0.380 e. The monoisotopic (exact) mass is 365 g/mol. The largest absolute Gasteiger partial charge is 0.380 e. The molecule has 7 heteroatoms.